The maximum atomic E-state index is 11.1. The zero-order valence-electron chi connectivity index (χ0n) is 9.79. The number of imidazole rings is 1. The Morgan fingerprint density at radius 3 is 2.89 bits per heavy atom. The standard InChI is InChI=1S/C12H12N2O4/c1-18-10(15)6-5-9-13-11(12(16)17)8-4-2-3-7-14(8)9/h2-4,7H,5-6H2,1H3,(H,16,17). The fraction of sp³-hybridized carbons (Fsp3) is 0.250. The molecule has 0 aliphatic carbocycles. The third-order valence-electron chi connectivity index (χ3n) is 2.60. The highest BCUT2D eigenvalue weighted by atomic mass is 16.5. The summed E-state index contributed by atoms with van der Waals surface area (Å²) in [6.45, 7) is 0. The Morgan fingerprint density at radius 2 is 2.22 bits per heavy atom. The summed E-state index contributed by atoms with van der Waals surface area (Å²) in [5, 5.41) is 9.05. The van der Waals surface area contributed by atoms with Crippen molar-refractivity contribution in [3.05, 3.63) is 35.9 Å². The van der Waals surface area contributed by atoms with Gasteiger partial charge < -0.3 is 14.2 Å². The Balaban J connectivity index is 2.39. The van der Waals surface area contributed by atoms with Gasteiger partial charge >= 0.3 is 11.9 Å². The van der Waals surface area contributed by atoms with Crippen LogP contribution in [0, 0.1) is 0 Å². The Hall–Kier alpha value is -2.37. The molecule has 18 heavy (non-hydrogen) atoms. The van der Waals surface area contributed by atoms with Crippen molar-refractivity contribution in [1.29, 1.82) is 0 Å². The van der Waals surface area contributed by atoms with Crippen molar-refractivity contribution in [2.24, 2.45) is 0 Å². The zero-order chi connectivity index (χ0) is 13.1. The topological polar surface area (TPSA) is 80.9 Å². The highest BCUT2D eigenvalue weighted by Gasteiger charge is 2.16. The number of ether oxygens (including phenoxy) is 1. The summed E-state index contributed by atoms with van der Waals surface area (Å²) in [4.78, 5) is 26.2. The molecule has 0 radical (unpaired) electrons. The highest BCUT2D eigenvalue weighted by molar-refractivity contribution is 5.93. The third kappa shape index (κ3) is 2.17. The third-order valence-corrected chi connectivity index (χ3v) is 2.60. The van der Waals surface area contributed by atoms with E-state index in [0.717, 1.165) is 0 Å². The number of carboxylic acid groups (broad SMARTS) is 1. The number of aromatic nitrogens is 2. The van der Waals surface area contributed by atoms with Gasteiger partial charge in [0.1, 0.15) is 5.82 Å². The van der Waals surface area contributed by atoms with Crippen LogP contribution < -0.4 is 0 Å². The van der Waals surface area contributed by atoms with Gasteiger partial charge in [0.05, 0.1) is 19.0 Å². The van der Waals surface area contributed by atoms with Crippen molar-refractivity contribution in [2.75, 3.05) is 7.11 Å². The first kappa shape index (κ1) is 12.1. The summed E-state index contributed by atoms with van der Waals surface area (Å²) < 4.78 is 6.22. The molecule has 0 fully saturated rings. The first-order valence-electron chi connectivity index (χ1n) is 5.39. The quantitative estimate of drug-likeness (QED) is 0.820. The fourth-order valence-corrected chi connectivity index (χ4v) is 1.75. The molecule has 0 aromatic carbocycles. The van der Waals surface area contributed by atoms with Gasteiger partial charge in [-0.25, -0.2) is 9.78 Å². The molecule has 2 aromatic rings. The number of aromatic carboxylic acids is 1. The van der Waals surface area contributed by atoms with E-state index in [0.29, 0.717) is 17.8 Å². The van der Waals surface area contributed by atoms with Crippen LogP contribution >= 0.6 is 0 Å². The summed E-state index contributed by atoms with van der Waals surface area (Å²) in [5.74, 6) is -0.893. The van der Waals surface area contributed by atoms with E-state index in [1.54, 1.807) is 28.8 Å². The number of hydrogen-bond acceptors (Lipinski definition) is 4. The van der Waals surface area contributed by atoms with Crippen molar-refractivity contribution in [2.45, 2.75) is 12.8 Å². The predicted molar refractivity (Wildman–Crippen MR) is 62.5 cm³/mol. The number of rotatable bonds is 4. The maximum absolute atomic E-state index is 11.1. The van der Waals surface area contributed by atoms with Crippen LogP contribution in [0.2, 0.25) is 0 Å². The van der Waals surface area contributed by atoms with E-state index in [2.05, 4.69) is 9.72 Å². The highest BCUT2D eigenvalue weighted by Crippen LogP contribution is 2.14. The minimum atomic E-state index is -1.08. The lowest BCUT2D eigenvalue weighted by molar-refractivity contribution is -0.140. The van der Waals surface area contributed by atoms with Crippen molar-refractivity contribution in [1.82, 2.24) is 9.38 Å². The van der Waals surface area contributed by atoms with Gasteiger partial charge in [-0.3, -0.25) is 4.79 Å². The van der Waals surface area contributed by atoms with Gasteiger partial charge in [-0.1, -0.05) is 6.07 Å². The van der Waals surface area contributed by atoms with E-state index in [4.69, 9.17) is 5.11 Å². The molecule has 6 nitrogen and oxygen atoms in total. The molecular formula is C12H12N2O4. The predicted octanol–water partition coefficient (Wildman–Crippen LogP) is 1.14. The molecular weight excluding hydrogens is 236 g/mol. The molecule has 0 saturated carbocycles. The Morgan fingerprint density at radius 1 is 1.44 bits per heavy atom. The van der Waals surface area contributed by atoms with Crippen LogP contribution in [-0.4, -0.2) is 33.5 Å². The summed E-state index contributed by atoms with van der Waals surface area (Å²) in [7, 11) is 1.31. The van der Waals surface area contributed by atoms with Gasteiger partial charge in [0.25, 0.3) is 0 Å². The summed E-state index contributed by atoms with van der Waals surface area (Å²) in [5.41, 5.74) is 0.514. The van der Waals surface area contributed by atoms with Crippen LogP contribution in [0.5, 0.6) is 0 Å². The van der Waals surface area contributed by atoms with Crippen LogP contribution in [-0.2, 0) is 16.0 Å². The van der Waals surface area contributed by atoms with Crippen molar-refractivity contribution in [3.8, 4) is 0 Å². The lowest BCUT2D eigenvalue weighted by Crippen LogP contribution is -2.04. The second-order valence-electron chi connectivity index (χ2n) is 3.71. The molecule has 94 valence electrons. The van der Waals surface area contributed by atoms with Gasteiger partial charge in [0.2, 0.25) is 0 Å². The van der Waals surface area contributed by atoms with Gasteiger partial charge in [0.15, 0.2) is 5.69 Å². The van der Waals surface area contributed by atoms with Gasteiger partial charge in [-0.15, -0.1) is 0 Å². The van der Waals surface area contributed by atoms with Crippen LogP contribution in [0.25, 0.3) is 5.52 Å². The normalized spacial score (nSPS) is 10.5. The van der Waals surface area contributed by atoms with E-state index in [9.17, 15) is 9.59 Å². The Bertz CT molecular complexity index is 603. The number of hydrogen-bond donors (Lipinski definition) is 1. The molecule has 0 unspecified atom stereocenters. The van der Waals surface area contributed by atoms with E-state index in [1.807, 2.05) is 0 Å². The smallest absolute Gasteiger partial charge is 0.356 e. The molecule has 0 amide bonds. The number of nitrogens with zero attached hydrogens (tertiary/aromatic N) is 2. The van der Waals surface area contributed by atoms with Gasteiger partial charge in [-0.2, -0.15) is 0 Å². The number of carbonyl (C=O) groups excluding carboxylic acids is 1. The molecule has 2 heterocycles. The molecule has 2 aromatic heterocycles. The average Bonchev–Trinajstić information content (AvgIpc) is 2.75. The summed E-state index contributed by atoms with van der Waals surface area (Å²) >= 11 is 0. The monoisotopic (exact) mass is 248 g/mol. The summed E-state index contributed by atoms with van der Waals surface area (Å²) in [6, 6.07) is 5.20. The number of aryl methyl sites for hydroxylation is 1. The zero-order valence-corrected chi connectivity index (χ0v) is 9.79. The van der Waals surface area contributed by atoms with E-state index in [1.165, 1.54) is 7.11 Å². The second kappa shape index (κ2) is 4.87. The molecule has 0 saturated heterocycles. The lowest BCUT2D eigenvalue weighted by atomic mass is 10.3. The van der Waals surface area contributed by atoms with Crippen molar-refractivity contribution >= 4 is 17.5 Å². The van der Waals surface area contributed by atoms with E-state index >= 15 is 0 Å². The molecule has 0 spiro atoms. The second-order valence-corrected chi connectivity index (χ2v) is 3.71. The minimum absolute atomic E-state index is 0.00420. The van der Waals surface area contributed by atoms with Crippen LogP contribution in [0.3, 0.4) is 0 Å². The summed E-state index contributed by atoms with van der Waals surface area (Å²) in [6.07, 6.45) is 2.23. The molecule has 2 rings (SSSR count). The van der Waals surface area contributed by atoms with E-state index in [-0.39, 0.29) is 18.1 Å². The first-order chi connectivity index (χ1) is 8.63. The van der Waals surface area contributed by atoms with E-state index < -0.39 is 5.97 Å². The van der Waals surface area contributed by atoms with Crippen molar-refractivity contribution in [3.63, 3.8) is 0 Å². The molecule has 0 bridgehead atoms. The molecule has 6 heteroatoms. The van der Waals surface area contributed by atoms with Gasteiger partial charge in [0, 0.05) is 12.6 Å². The average molecular weight is 248 g/mol. The lowest BCUT2D eigenvalue weighted by Gasteiger charge is -1.99. The van der Waals surface area contributed by atoms with Crippen LogP contribution in [0.1, 0.15) is 22.7 Å². The van der Waals surface area contributed by atoms with Crippen molar-refractivity contribution < 1.29 is 19.4 Å². The molecule has 1 N–H and O–H groups in total. The molecule has 0 aliphatic heterocycles. The number of carboxylic acids is 1. The fourth-order valence-electron chi connectivity index (χ4n) is 1.75. The maximum Gasteiger partial charge on any atom is 0.356 e. The molecule has 0 atom stereocenters. The Labute approximate surface area is 103 Å². The first-order valence-corrected chi connectivity index (χ1v) is 5.39. The SMILES string of the molecule is COC(=O)CCc1nc(C(=O)O)c2ccccn12. The number of esters is 1. The number of methoxy groups -OCH3 is 1. The number of carbonyl (C=O) groups is 2. The minimum Gasteiger partial charge on any atom is -0.476 e. The largest absolute Gasteiger partial charge is 0.476 e. The number of fused-ring (bicyclic) bond motifs is 1. The number of pyridine rings is 1. The van der Waals surface area contributed by atoms with Crippen LogP contribution in [0.4, 0.5) is 0 Å². The Kier molecular flexibility index (Phi) is 3.27. The van der Waals surface area contributed by atoms with Gasteiger partial charge in [-0.05, 0) is 12.1 Å². The molecule has 0 aliphatic rings. The van der Waals surface area contributed by atoms with Crippen LogP contribution in [0.15, 0.2) is 24.4 Å².